The van der Waals surface area contributed by atoms with Crippen LogP contribution in [0.1, 0.15) is 32.3 Å². The number of benzene rings is 1. The van der Waals surface area contributed by atoms with E-state index < -0.39 is 0 Å². The molecule has 2 rings (SSSR count). The second-order valence-corrected chi connectivity index (χ2v) is 7.04. The predicted octanol–water partition coefficient (Wildman–Crippen LogP) is 4.54. The van der Waals surface area contributed by atoms with E-state index in [9.17, 15) is 5.11 Å². The van der Waals surface area contributed by atoms with Gasteiger partial charge in [0, 0.05) is 12.6 Å². The van der Waals surface area contributed by atoms with Crippen molar-refractivity contribution in [3.63, 3.8) is 0 Å². The highest BCUT2D eigenvalue weighted by atomic mass is 79.9. The van der Waals surface area contributed by atoms with Gasteiger partial charge in [0.2, 0.25) is 0 Å². The van der Waals surface area contributed by atoms with E-state index >= 15 is 0 Å². The molecule has 1 unspecified atom stereocenters. The highest BCUT2D eigenvalue weighted by molar-refractivity contribution is 9.11. The number of phenols is 1. The van der Waals surface area contributed by atoms with E-state index in [1.165, 1.54) is 24.9 Å². The van der Waals surface area contributed by atoms with E-state index in [2.05, 4.69) is 50.6 Å². The Bertz CT molecular complexity index is 411. The molecule has 0 spiro atoms. The van der Waals surface area contributed by atoms with Crippen molar-refractivity contribution in [3.8, 4) is 5.75 Å². The van der Waals surface area contributed by atoms with Crippen LogP contribution >= 0.6 is 31.9 Å². The summed E-state index contributed by atoms with van der Waals surface area (Å²) in [6.45, 7) is 6.73. The average Bonchev–Trinajstić information content (AvgIpc) is 2.74. The minimum Gasteiger partial charge on any atom is -0.506 e. The van der Waals surface area contributed by atoms with Crippen LogP contribution in [0.5, 0.6) is 5.75 Å². The lowest BCUT2D eigenvalue weighted by molar-refractivity contribution is 0.198. The zero-order chi connectivity index (χ0) is 13.3. The second-order valence-electron chi connectivity index (χ2n) is 5.33. The Morgan fingerprint density at radius 3 is 2.50 bits per heavy atom. The topological polar surface area (TPSA) is 23.5 Å². The zero-order valence-corrected chi connectivity index (χ0v) is 14.0. The van der Waals surface area contributed by atoms with Crippen LogP contribution in [0.2, 0.25) is 0 Å². The van der Waals surface area contributed by atoms with Crippen LogP contribution in [-0.2, 0) is 6.54 Å². The smallest absolute Gasteiger partial charge is 0.143 e. The lowest BCUT2D eigenvalue weighted by Gasteiger charge is -2.27. The van der Waals surface area contributed by atoms with Crippen LogP contribution in [0.25, 0.3) is 0 Å². The molecular weight excluding hydrogens is 358 g/mol. The van der Waals surface area contributed by atoms with Gasteiger partial charge in [0.1, 0.15) is 5.75 Å². The van der Waals surface area contributed by atoms with Gasteiger partial charge in [-0.1, -0.05) is 13.8 Å². The number of likely N-dealkylation sites (tertiary alicyclic amines) is 1. The van der Waals surface area contributed by atoms with E-state index in [0.29, 0.717) is 12.0 Å². The van der Waals surface area contributed by atoms with Crippen LogP contribution in [0, 0.1) is 5.92 Å². The lowest BCUT2D eigenvalue weighted by atomic mass is 10.0. The van der Waals surface area contributed by atoms with Crippen molar-refractivity contribution in [2.75, 3.05) is 6.54 Å². The molecule has 2 nitrogen and oxygen atoms in total. The summed E-state index contributed by atoms with van der Waals surface area (Å²) in [5.41, 5.74) is 1.24. The quantitative estimate of drug-likeness (QED) is 0.837. The summed E-state index contributed by atoms with van der Waals surface area (Å²) < 4.78 is 1.51. The van der Waals surface area contributed by atoms with Crippen LogP contribution in [0.15, 0.2) is 21.1 Å². The molecule has 1 aromatic carbocycles. The summed E-state index contributed by atoms with van der Waals surface area (Å²) >= 11 is 6.78. The van der Waals surface area contributed by atoms with Gasteiger partial charge >= 0.3 is 0 Å². The fourth-order valence-electron chi connectivity index (χ4n) is 2.75. The first-order valence-corrected chi connectivity index (χ1v) is 7.98. The minimum atomic E-state index is 0.278. The summed E-state index contributed by atoms with van der Waals surface area (Å²) in [5, 5.41) is 9.72. The number of aromatic hydroxyl groups is 1. The highest BCUT2D eigenvalue weighted by Gasteiger charge is 2.27. The number of phenolic OH excluding ortho intramolecular Hbond substituents is 1. The molecule has 1 fully saturated rings. The molecule has 1 aromatic rings. The number of halogens is 2. The molecule has 1 atom stereocenters. The van der Waals surface area contributed by atoms with Crippen molar-refractivity contribution in [2.45, 2.75) is 39.3 Å². The standard InChI is InChI=1S/C14H19Br2NO/c1-9(2)13-4-3-5-17(13)8-10-6-11(15)14(18)12(16)7-10/h6-7,9,13,18H,3-5,8H2,1-2H3. The summed E-state index contributed by atoms with van der Waals surface area (Å²) in [4.78, 5) is 2.55. The molecule has 1 saturated heterocycles. The average molecular weight is 377 g/mol. The molecule has 0 saturated carbocycles. The summed E-state index contributed by atoms with van der Waals surface area (Å²) in [5.74, 6) is 0.983. The summed E-state index contributed by atoms with van der Waals surface area (Å²) in [6.07, 6.45) is 2.60. The summed E-state index contributed by atoms with van der Waals surface area (Å²) in [7, 11) is 0. The molecule has 0 aromatic heterocycles. The third-order valence-electron chi connectivity index (χ3n) is 3.65. The van der Waals surface area contributed by atoms with Gasteiger partial charge in [0.15, 0.2) is 0 Å². The first-order chi connectivity index (χ1) is 8.49. The van der Waals surface area contributed by atoms with Gasteiger partial charge in [-0.3, -0.25) is 4.90 Å². The van der Waals surface area contributed by atoms with Crippen molar-refractivity contribution in [3.05, 3.63) is 26.6 Å². The molecule has 0 amide bonds. The fraction of sp³-hybridized carbons (Fsp3) is 0.571. The molecule has 1 aliphatic heterocycles. The molecule has 0 bridgehead atoms. The molecular formula is C14H19Br2NO. The normalized spacial score (nSPS) is 20.8. The Morgan fingerprint density at radius 1 is 1.33 bits per heavy atom. The highest BCUT2D eigenvalue weighted by Crippen LogP contribution is 2.34. The lowest BCUT2D eigenvalue weighted by Crippen LogP contribution is -2.32. The van der Waals surface area contributed by atoms with Gasteiger partial charge in [-0.05, 0) is 74.9 Å². The largest absolute Gasteiger partial charge is 0.506 e. The maximum atomic E-state index is 9.72. The molecule has 1 N–H and O–H groups in total. The van der Waals surface area contributed by atoms with Gasteiger partial charge in [0.25, 0.3) is 0 Å². The molecule has 4 heteroatoms. The van der Waals surface area contributed by atoms with E-state index in [4.69, 9.17) is 0 Å². The number of hydrogen-bond acceptors (Lipinski definition) is 2. The molecule has 100 valence electrons. The first kappa shape index (κ1) is 14.4. The van der Waals surface area contributed by atoms with Gasteiger partial charge < -0.3 is 5.11 Å². The summed E-state index contributed by atoms with van der Waals surface area (Å²) in [6, 6.07) is 4.71. The Balaban J connectivity index is 2.14. The number of hydrogen-bond donors (Lipinski definition) is 1. The predicted molar refractivity (Wildman–Crippen MR) is 81.8 cm³/mol. The van der Waals surface area contributed by atoms with E-state index in [-0.39, 0.29) is 5.75 Å². The number of rotatable bonds is 3. The molecule has 0 aliphatic carbocycles. The maximum absolute atomic E-state index is 9.72. The van der Waals surface area contributed by atoms with E-state index in [1.54, 1.807) is 0 Å². The minimum absolute atomic E-state index is 0.278. The SMILES string of the molecule is CC(C)C1CCCN1Cc1cc(Br)c(O)c(Br)c1. The third kappa shape index (κ3) is 3.09. The Kier molecular flexibility index (Phi) is 4.73. The third-order valence-corrected chi connectivity index (χ3v) is 4.86. The van der Waals surface area contributed by atoms with Gasteiger partial charge in [-0.25, -0.2) is 0 Å². The van der Waals surface area contributed by atoms with Crippen LogP contribution in [0.3, 0.4) is 0 Å². The van der Waals surface area contributed by atoms with Crippen molar-refractivity contribution < 1.29 is 5.11 Å². The van der Waals surface area contributed by atoms with Crippen molar-refractivity contribution in [1.29, 1.82) is 0 Å². The van der Waals surface area contributed by atoms with Crippen LogP contribution < -0.4 is 0 Å². The monoisotopic (exact) mass is 375 g/mol. The zero-order valence-electron chi connectivity index (χ0n) is 10.8. The van der Waals surface area contributed by atoms with E-state index in [1.807, 2.05) is 12.1 Å². The maximum Gasteiger partial charge on any atom is 0.143 e. The van der Waals surface area contributed by atoms with Crippen LogP contribution in [-0.4, -0.2) is 22.6 Å². The molecule has 1 aliphatic rings. The van der Waals surface area contributed by atoms with Crippen molar-refractivity contribution in [2.24, 2.45) is 5.92 Å². The molecule has 1 heterocycles. The van der Waals surface area contributed by atoms with Gasteiger partial charge in [0.05, 0.1) is 8.95 Å². The van der Waals surface area contributed by atoms with Gasteiger partial charge in [-0.2, -0.15) is 0 Å². The molecule has 18 heavy (non-hydrogen) atoms. The second kappa shape index (κ2) is 5.93. The van der Waals surface area contributed by atoms with Crippen LogP contribution in [0.4, 0.5) is 0 Å². The molecule has 0 radical (unpaired) electrons. The number of nitrogens with zero attached hydrogens (tertiary/aromatic N) is 1. The van der Waals surface area contributed by atoms with E-state index in [0.717, 1.165) is 15.5 Å². The first-order valence-electron chi connectivity index (χ1n) is 6.40. The Hall–Kier alpha value is -0.0600. The fourth-order valence-corrected chi connectivity index (χ4v) is 4.03. The Labute approximate surface area is 126 Å². The van der Waals surface area contributed by atoms with Crippen molar-refractivity contribution >= 4 is 31.9 Å². The van der Waals surface area contributed by atoms with Gasteiger partial charge in [-0.15, -0.1) is 0 Å². The van der Waals surface area contributed by atoms with Crippen molar-refractivity contribution in [1.82, 2.24) is 4.90 Å². The Morgan fingerprint density at radius 2 is 1.94 bits per heavy atom.